The van der Waals surface area contributed by atoms with Gasteiger partial charge in [0.05, 0.1) is 17.0 Å². The third-order valence-corrected chi connectivity index (χ3v) is 6.11. The highest BCUT2D eigenvalue weighted by Crippen LogP contribution is 2.41. The second-order valence-corrected chi connectivity index (χ2v) is 8.79. The second-order valence-electron chi connectivity index (χ2n) is 8.35. The maximum atomic E-state index is 13.6. The van der Waals surface area contributed by atoms with Gasteiger partial charge in [0.15, 0.2) is 5.43 Å². The van der Waals surface area contributed by atoms with Crippen LogP contribution in [0, 0.1) is 6.92 Å². The summed E-state index contributed by atoms with van der Waals surface area (Å²) in [5, 5.41) is 0.788. The van der Waals surface area contributed by atoms with Crippen molar-refractivity contribution in [2.24, 2.45) is 0 Å². The van der Waals surface area contributed by atoms with Gasteiger partial charge in [-0.2, -0.15) is 0 Å². The standard InChI is InChI=1S/C26H21ClN2O3/c1-14(2)16-7-9-17(10-8-16)23-22-24(30)19-13-18(27)11-12-20(19)32-25(22)26(31)29(23)21-6-4-5-15(3)28-21/h4-14,23H,1-3H3. The Morgan fingerprint density at radius 1 is 1.03 bits per heavy atom. The van der Waals surface area contributed by atoms with E-state index in [0.29, 0.717) is 33.3 Å². The van der Waals surface area contributed by atoms with Crippen molar-refractivity contribution < 1.29 is 9.21 Å². The van der Waals surface area contributed by atoms with Crippen LogP contribution < -0.4 is 10.3 Å². The number of hydrogen-bond acceptors (Lipinski definition) is 4. The lowest BCUT2D eigenvalue weighted by Crippen LogP contribution is -2.30. The van der Waals surface area contributed by atoms with Crippen LogP contribution in [0.1, 0.15) is 58.7 Å². The van der Waals surface area contributed by atoms with Crippen LogP contribution in [0.4, 0.5) is 5.82 Å². The van der Waals surface area contributed by atoms with Crippen molar-refractivity contribution in [2.45, 2.75) is 32.7 Å². The number of rotatable bonds is 3. The number of aryl methyl sites for hydroxylation is 1. The first-order chi connectivity index (χ1) is 15.3. The van der Waals surface area contributed by atoms with E-state index in [1.165, 1.54) is 5.56 Å². The predicted molar refractivity (Wildman–Crippen MR) is 126 cm³/mol. The van der Waals surface area contributed by atoms with Gasteiger partial charge in [-0.1, -0.05) is 55.8 Å². The zero-order chi connectivity index (χ0) is 22.6. The third-order valence-electron chi connectivity index (χ3n) is 5.87. The number of benzene rings is 2. The lowest BCUT2D eigenvalue weighted by atomic mass is 9.95. The van der Waals surface area contributed by atoms with E-state index in [1.807, 2.05) is 43.3 Å². The average molecular weight is 445 g/mol. The molecule has 0 aliphatic carbocycles. The molecule has 1 atom stereocenters. The summed E-state index contributed by atoms with van der Waals surface area (Å²) < 4.78 is 5.97. The van der Waals surface area contributed by atoms with Gasteiger partial charge < -0.3 is 4.42 Å². The highest BCUT2D eigenvalue weighted by Gasteiger charge is 2.44. The number of aromatic nitrogens is 1. The summed E-state index contributed by atoms with van der Waals surface area (Å²) in [5.41, 5.74) is 3.15. The summed E-state index contributed by atoms with van der Waals surface area (Å²) in [5.74, 6) is 0.504. The fourth-order valence-electron chi connectivity index (χ4n) is 4.22. The van der Waals surface area contributed by atoms with E-state index in [1.54, 1.807) is 29.2 Å². The number of carbonyl (C=O) groups excluding carboxylic acids is 1. The first-order valence-electron chi connectivity index (χ1n) is 10.5. The molecular weight excluding hydrogens is 424 g/mol. The molecule has 0 saturated carbocycles. The lowest BCUT2D eigenvalue weighted by molar-refractivity contribution is 0.0970. The van der Waals surface area contributed by atoms with Gasteiger partial charge in [-0.25, -0.2) is 4.98 Å². The summed E-state index contributed by atoms with van der Waals surface area (Å²) in [6.45, 7) is 6.11. The molecule has 6 heteroatoms. The van der Waals surface area contributed by atoms with Gasteiger partial charge in [0.1, 0.15) is 11.4 Å². The maximum Gasteiger partial charge on any atom is 0.296 e. The Morgan fingerprint density at radius 3 is 2.47 bits per heavy atom. The van der Waals surface area contributed by atoms with Crippen molar-refractivity contribution in [1.29, 1.82) is 0 Å². The minimum absolute atomic E-state index is 0.0473. The zero-order valence-corrected chi connectivity index (χ0v) is 18.7. The number of fused-ring (bicyclic) bond motifs is 2. The molecule has 1 amide bonds. The molecule has 5 rings (SSSR count). The van der Waals surface area contributed by atoms with Gasteiger partial charge >= 0.3 is 0 Å². The van der Waals surface area contributed by atoms with Crippen LogP contribution in [0.15, 0.2) is 69.9 Å². The molecule has 1 unspecified atom stereocenters. The number of hydrogen-bond donors (Lipinski definition) is 0. The molecule has 0 fully saturated rings. The maximum absolute atomic E-state index is 13.6. The molecule has 2 aromatic heterocycles. The summed E-state index contributed by atoms with van der Waals surface area (Å²) in [7, 11) is 0. The molecule has 5 nitrogen and oxygen atoms in total. The van der Waals surface area contributed by atoms with Gasteiger partial charge in [0, 0.05) is 10.7 Å². The van der Waals surface area contributed by atoms with Gasteiger partial charge in [0.2, 0.25) is 5.76 Å². The van der Waals surface area contributed by atoms with Gasteiger partial charge in [-0.05, 0) is 54.3 Å². The molecule has 0 bridgehead atoms. The van der Waals surface area contributed by atoms with Crippen molar-refractivity contribution in [3.63, 3.8) is 0 Å². The van der Waals surface area contributed by atoms with E-state index in [0.717, 1.165) is 11.3 Å². The topological polar surface area (TPSA) is 63.4 Å². The Bertz CT molecular complexity index is 1420. The van der Waals surface area contributed by atoms with E-state index in [-0.39, 0.29) is 17.1 Å². The fraction of sp³-hybridized carbons (Fsp3) is 0.192. The van der Waals surface area contributed by atoms with Crippen LogP contribution in [0.2, 0.25) is 5.02 Å². The predicted octanol–water partition coefficient (Wildman–Crippen LogP) is 6.02. The molecule has 1 aliphatic heterocycles. The second kappa shape index (κ2) is 7.61. The number of carbonyl (C=O) groups is 1. The van der Waals surface area contributed by atoms with Crippen molar-refractivity contribution in [1.82, 2.24) is 4.98 Å². The van der Waals surface area contributed by atoms with Crippen LogP contribution in [0.25, 0.3) is 11.0 Å². The van der Waals surface area contributed by atoms with Crippen molar-refractivity contribution in [3.8, 4) is 0 Å². The summed E-state index contributed by atoms with van der Waals surface area (Å²) in [6, 6.07) is 17.7. The Hall–Kier alpha value is -3.44. The Balaban J connectivity index is 1.79. The summed E-state index contributed by atoms with van der Waals surface area (Å²) >= 11 is 6.14. The smallest absolute Gasteiger partial charge is 0.296 e. The van der Waals surface area contributed by atoms with Crippen molar-refractivity contribution >= 4 is 34.3 Å². The highest BCUT2D eigenvalue weighted by atomic mass is 35.5. The van der Waals surface area contributed by atoms with Gasteiger partial charge in [0.25, 0.3) is 5.91 Å². The molecule has 4 aromatic rings. The van der Waals surface area contributed by atoms with Crippen LogP contribution in [-0.4, -0.2) is 10.9 Å². The number of halogens is 1. The van der Waals surface area contributed by atoms with E-state index in [4.69, 9.17) is 16.0 Å². The van der Waals surface area contributed by atoms with Gasteiger partial charge in [-0.3, -0.25) is 14.5 Å². The van der Waals surface area contributed by atoms with E-state index in [9.17, 15) is 9.59 Å². The molecule has 3 heterocycles. The molecule has 2 aromatic carbocycles. The third kappa shape index (κ3) is 3.21. The van der Waals surface area contributed by atoms with E-state index < -0.39 is 6.04 Å². The number of anilines is 1. The first-order valence-corrected chi connectivity index (χ1v) is 10.9. The first kappa shape index (κ1) is 20.5. The van der Waals surface area contributed by atoms with Crippen LogP contribution >= 0.6 is 11.6 Å². The van der Waals surface area contributed by atoms with Crippen LogP contribution in [0.3, 0.4) is 0 Å². The minimum Gasteiger partial charge on any atom is -0.450 e. The lowest BCUT2D eigenvalue weighted by Gasteiger charge is -2.24. The fourth-order valence-corrected chi connectivity index (χ4v) is 4.39. The quantitative estimate of drug-likeness (QED) is 0.387. The van der Waals surface area contributed by atoms with Crippen molar-refractivity contribution in [2.75, 3.05) is 4.90 Å². The normalized spacial score (nSPS) is 15.6. The number of pyridine rings is 1. The number of amides is 1. The molecule has 0 N–H and O–H groups in total. The minimum atomic E-state index is -0.646. The largest absolute Gasteiger partial charge is 0.450 e. The van der Waals surface area contributed by atoms with E-state index in [2.05, 4.69) is 18.8 Å². The zero-order valence-electron chi connectivity index (χ0n) is 17.9. The number of nitrogens with zero attached hydrogens (tertiary/aromatic N) is 2. The van der Waals surface area contributed by atoms with Crippen molar-refractivity contribution in [3.05, 3.63) is 104 Å². The summed E-state index contributed by atoms with van der Waals surface area (Å²) in [6.07, 6.45) is 0. The summed E-state index contributed by atoms with van der Waals surface area (Å²) in [4.78, 5) is 33.3. The molecule has 0 spiro atoms. The monoisotopic (exact) mass is 444 g/mol. The Morgan fingerprint density at radius 2 is 1.78 bits per heavy atom. The molecule has 32 heavy (non-hydrogen) atoms. The Labute approximate surface area is 190 Å². The average Bonchev–Trinajstić information content (AvgIpc) is 3.07. The van der Waals surface area contributed by atoms with E-state index >= 15 is 0 Å². The molecule has 0 saturated heterocycles. The Kier molecular flexibility index (Phi) is 4.86. The van der Waals surface area contributed by atoms with Crippen LogP contribution in [0.5, 0.6) is 0 Å². The molecular formula is C26H21ClN2O3. The molecule has 1 aliphatic rings. The molecule has 0 radical (unpaired) electrons. The van der Waals surface area contributed by atoms with Gasteiger partial charge in [-0.15, -0.1) is 0 Å². The SMILES string of the molecule is Cc1cccc(N2C(=O)c3oc4ccc(Cl)cc4c(=O)c3C2c2ccc(C(C)C)cc2)n1. The highest BCUT2D eigenvalue weighted by molar-refractivity contribution is 6.31. The molecule has 160 valence electrons. The van der Waals surface area contributed by atoms with Crippen LogP contribution in [-0.2, 0) is 0 Å².